The fraction of sp³-hybridized carbons (Fsp3) is 0.190. The molecule has 9 heteroatoms. The maximum atomic E-state index is 13.6. The Balaban J connectivity index is 1.65. The number of pyridine rings is 1. The number of aromatic nitrogens is 3. The number of non-ortho nitro benzene ring substituents is 1. The molecule has 5 rings (SSSR count). The maximum absolute atomic E-state index is 13.6. The van der Waals surface area contributed by atoms with Gasteiger partial charge in [-0.1, -0.05) is 0 Å². The highest BCUT2D eigenvalue weighted by molar-refractivity contribution is 6.15. The lowest BCUT2D eigenvalue weighted by Crippen LogP contribution is -2.29. The Bertz CT molecular complexity index is 1320. The first kappa shape index (κ1) is 18.0. The largest absolute Gasteiger partial charge is 0.463 e. The smallest absolute Gasteiger partial charge is 0.269 e. The fourth-order valence-electron chi connectivity index (χ4n) is 4.02. The number of anilines is 1. The number of fused-ring (bicyclic) bond motifs is 2. The highest BCUT2D eigenvalue weighted by Gasteiger charge is 2.30. The summed E-state index contributed by atoms with van der Waals surface area (Å²) in [5.74, 6) is 0.362. The Kier molecular flexibility index (Phi) is 3.92. The molecule has 0 saturated carbocycles. The van der Waals surface area contributed by atoms with Crippen LogP contribution in [0.1, 0.15) is 21.6 Å². The van der Waals surface area contributed by atoms with E-state index in [-0.39, 0.29) is 11.6 Å². The molecule has 9 nitrogen and oxygen atoms in total. The summed E-state index contributed by atoms with van der Waals surface area (Å²) in [6, 6.07) is 9.88. The van der Waals surface area contributed by atoms with Gasteiger partial charge in [-0.3, -0.25) is 19.6 Å². The van der Waals surface area contributed by atoms with Gasteiger partial charge in [0.05, 0.1) is 27.8 Å². The lowest BCUT2D eigenvalue weighted by atomic mass is 10.1. The highest BCUT2D eigenvalue weighted by Crippen LogP contribution is 2.34. The van der Waals surface area contributed by atoms with E-state index in [1.165, 1.54) is 12.1 Å². The Hall–Kier alpha value is -4.01. The summed E-state index contributed by atoms with van der Waals surface area (Å²) >= 11 is 0. The number of nitro benzene ring substituents is 1. The topological polar surface area (TPSA) is 107 Å². The van der Waals surface area contributed by atoms with Gasteiger partial charge < -0.3 is 9.32 Å². The molecule has 1 aliphatic rings. The van der Waals surface area contributed by atoms with Crippen LogP contribution in [0.25, 0.3) is 22.5 Å². The lowest BCUT2D eigenvalue weighted by molar-refractivity contribution is -0.384. The van der Waals surface area contributed by atoms with Gasteiger partial charge in [-0.05, 0) is 43.2 Å². The number of aryl methyl sites for hydroxylation is 2. The fourth-order valence-corrected chi connectivity index (χ4v) is 4.02. The van der Waals surface area contributed by atoms with Crippen LogP contribution in [-0.4, -0.2) is 32.1 Å². The van der Waals surface area contributed by atoms with Gasteiger partial charge in [0, 0.05) is 31.4 Å². The first-order chi connectivity index (χ1) is 14.4. The number of amides is 1. The first-order valence-corrected chi connectivity index (χ1v) is 9.41. The molecule has 0 bridgehead atoms. The van der Waals surface area contributed by atoms with E-state index in [0.29, 0.717) is 52.4 Å². The SMILES string of the molecule is Cc1nn(C)c2nc(-c3ccco3)cc(C(=O)N3CCc4cc([N+](=O)[O-])ccc43)c12. The molecule has 0 aliphatic carbocycles. The molecular formula is C21H17N5O4. The second kappa shape index (κ2) is 6.51. The van der Waals surface area contributed by atoms with Crippen molar-refractivity contribution in [3.05, 3.63) is 69.6 Å². The standard InChI is InChI=1S/C21H17N5O4/c1-12-19-15(11-16(18-4-3-9-30-18)22-20(19)24(2)23-12)21(27)25-8-7-13-10-14(26(28)29)5-6-17(13)25/h3-6,9-11H,7-8H2,1-2H3. The molecule has 0 spiro atoms. The molecule has 4 aromatic rings. The molecule has 1 amide bonds. The van der Waals surface area contributed by atoms with Crippen molar-refractivity contribution in [1.82, 2.24) is 14.8 Å². The summed E-state index contributed by atoms with van der Waals surface area (Å²) in [7, 11) is 1.78. The summed E-state index contributed by atoms with van der Waals surface area (Å²) in [6.07, 6.45) is 2.12. The Morgan fingerprint density at radius 1 is 1.27 bits per heavy atom. The maximum Gasteiger partial charge on any atom is 0.269 e. The molecular weight excluding hydrogens is 386 g/mol. The van der Waals surface area contributed by atoms with Gasteiger partial charge in [-0.2, -0.15) is 5.10 Å². The van der Waals surface area contributed by atoms with Gasteiger partial charge in [0.25, 0.3) is 11.6 Å². The van der Waals surface area contributed by atoms with Crippen molar-refractivity contribution in [1.29, 1.82) is 0 Å². The van der Waals surface area contributed by atoms with Crippen molar-refractivity contribution in [2.75, 3.05) is 11.4 Å². The van der Waals surface area contributed by atoms with E-state index in [1.54, 1.807) is 47.2 Å². The number of nitro groups is 1. The Morgan fingerprint density at radius 3 is 2.83 bits per heavy atom. The van der Waals surface area contributed by atoms with Crippen LogP contribution in [0.15, 0.2) is 47.1 Å². The minimum absolute atomic E-state index is 0.0255. The van der Waals surface area contributed by atoms with Crippen molar-refractivity contribution in [2.45, 2.75) is 13.3 Å². The van der Waals surface area contributed by atoms with Crippen LogP contribution in [-0.2, 0) is 13.5 Å². The summed E-state index contributed by atoms with van der Waals surface area (Å²) < 4.78 is 7.13. The summed E-state index contributed by atoms with van der Waals surface area (Å²) in [5, 5.41) is 16.2. The minimum Gasteiger partial charge on any atom is -0.463 e. The molecule has 4 heterocycles. The first-order valence-electron chi connectivity index (χ1n) is 9.41. The Labute approximate surface area is 170 Å². The molecule has 0 saturated heterocycles. The predicted molar refractivity (Wildman–Crippen MR) is 109 cm³/mol. The second-order valence-electron chi connectivity index (χ2n) is 7.22. The number of carbonyl (C=O) groups excluding carboxylic acids is 1. The van der Waals surface area contributed by atoms with Gasteiger partial charge in [-0.25, -0.2) is 4.98 Å². The third-order valence-electron chi connectivity index (χ3n) is 5.39. The minimum atomic E-state index is -0.425. The quantitative estimate of drug-likeness (QED) is 0.382. The van der Waals surface area contributed by atoms with Gasteiger partial charge in [0.2, 0.25) is 0 Å². The average Bonchev–Trinajstić information content (AvgIpc) is 3.46. The summed E-state index contributed by atoms with van der Waals surface area (Å²) in [6.45, 7) is 2.29. The normalized spacial score (nSPS) is 13.1. The predicted octanol–water partition coefficient (Wildman–Crippen LogP) is 3.65. The van der Waals surface area contributed by atoms with E-state index in [2.05, 4.69) is 10.1 Å². The molecule has 30 heavy (non-hydrogen) atoms. The van der Waals surface area contributed by atoms with E-state index < -0.39 is 4.92 Å². The number of hydrogen-bond acceptors (Lipinski definition) is 6. The molecule has 1 aromatic carbocycles. The van der Waals surface area contributed by atoms with Crippen molar-refractivity contribution in [2.24, 2.45) is 7.05 Å². The molecule has 150 valence electrons. The third kappa shape index (κ3) is 2.66. The van der Waals surface area contributed by atoms with Crippen LogP contribution in [0.5, 0.6) is 0 Å². The van der Waals surface area contributed by atoms with Crippen molar-refractivity contribution < 1.29 is 14.1 Å². The van der Waals surface area contributed by atoms with Crippen LogP contribution < -0.4 is 4.90 Å². The van der Waals surface area contributed by atoms with Gasteiger partial charge in [-0.15, -0.1) is 0 Å². The van der Waals surface area contributed by atoms with Crippen molar-refractivity contribution in [3.8, 4) is 11.5 Å². The van der Waals surface area contributed by atoms with Gasteiger partial charge in [0.15, 0.2) is 11.4 Å². The molecule has 0 radical (unpaired) electrons. The Morgan fingerprint density at radius 2 is 2.10 bits per heavy atom. The van der Waals surface area contributed by atoms with Crippen molar-refractivity contribution >= 4 is 28.3 Å². The number of benzene rings is 1. The van der Waals surface area contributed by atoms with E-state index >= 15 is 0 Å². The zero-order valence-corrected chi connectivity index (χ0v) is 16.3. The van der Waals surface area contributed by atoms with E-state index in [9.17, 15) is 14.9 Å². The summed E-state index contributed by atoms with van der Waals surface area (Å²) in [5.41, 5.74) is 3.82. The number of furan rings is 1. The van der Waals surface area contributed by atoms with E-state index in [4.69, 9.17) is 4.42 Å². The van der Waals surface area contributed by atoms with Crippen LogP contribution in [0.4, 0.5) is 11.4 Å². The number of nitrogens with zero attached hydrogens (tertiary/aromatic N) is 5. The zero-order valence-electron chi connectivity index (χ0n) is 16.3. The van der Waals surface area contributed by atoms with Crippen molar-refractivity contribution in [3.63, 3.8) is 0 Å². The molecule has 0 atom stereocenters. The third-order valence-corrected chi connectivity index (χ3v) is 5.39. The van der Waals surface area contributed by atoms with Gasteiger partial charge >= 0.3 is 0 Å². The summed E-state index contributed by atoms with van der Waals surface area (Å²) in [4.78, 5) is 30.6. The molecule has 3 aromatic heterocycles. The van der Waals surface area contributed by atoms with Crippen LogP contribution in [0.2, 0.25) is 0 Å². The molecule has 0 fully saturated rings. The lowest BCUT2D eigenvalue weighted by Gasteiger charge is -2.18. The molecule has 0 unspecified atom stereocenters. The average molecular weight is 403 g/mol. The molecule has 0 N–H and O–H groups in total. The van der Waals surface area contributed by atoms with Crippen LogP contribution in [0, 0.1) is 17.0 Å². The number of rotatable bonds is 3. The van der Waals surface area contributed by atoms with Crippen LogP contribution in [0.3, 0.4) is 0 Å². The van der Waals surface area contributed by atoms with E-state index in [1.807, 2.05) is 6.92 Å². The zero-order chi connectivity index (χ0) is 21.0. The van der Waals surface area contributed by atoms with Gasteiger partial charge in [0.1, 0.15) is 5.69 Å². The van der Waals surface area contributed by atoms with Crippen LogP contribution >= 0.6 is 0 Å². The number of carbonyl (C=O) groups is 1. The monoisotopic (exact) mass is 403 g/mol. The van der Waals surface area contributed by atoms with E-state index in [0.717, 1.165) is 5.56 Å². The highest BCUT2D eigenvalue weighted by atomic mass is 16.6. The second-order valence-corrected chi connectivity index (χ2v) is 7.22. The number of hydrogen-bond donors (Lipinski definition) is 0. The molecule has 1 aliphatic heterocycles.